The van der Waals surface area contributed by atoms with Gasteiger partial charge in [-0.3, -0.25) is 0 Å². The molecule has 0 radical (unpaired) electrons. The molecule has 1 aliphatic carbocycles. The van der Waals surface area contributed by atoms with Crippen molar-refractivity contribution in [3.63, 3.8) is 0 Å². The number of nitrogens with zero attached hydrogens (tertiary/aromatic N) is 2. The van der Waals surface area contributed by atoms with Crippen LogP contribution in [0.3, 0.4) is 0 Å². The Balaban J connectivity index is 1.77. The Morgan fingerprint density at radius 3 is 2.95 bits per heavy atom. The van der Waals surface area contributed by atoms with Crippen LogP contribution in [0.2, 0.25) is 0 Å². The molecule has 1 aromatic heterocycles. The third kappa shape index (κ3) is 2.66. The zero-order chi connectivity index (χ0) is 13.4. The molecule has 1 aliphatic rings. The largest absolute Gasteiger partial charge is 0.392 e. The molecule has 1 saturated carbocycles. The minimum absolute atomic E-state index is 0.253. The van der Waals surface area contributed by atoms with Gasteiger partial charge in [0.25, 0.3) is 0 Å². The average Bonchev–Trinajstić information content (AvgIpc) is 3.14. The van der Waals surface area contributed by atoms with Crippen molar-refractivity contribution in [2.75, 3.05) is 0 Å². The molecule has 1 N–H and O–H groups in total. The number of rotatable bonds is 4. The number of aliphatic hydroxyl groups excluding tert-OH is 1. The lowest BCUT2D eigenvalue weighted by Crippen LogP contribution is -2.12. The van der Waals surface area contributed by atoms with Gasteiger partial charge in [-0.05, 0) is 49.4 Å². The van der Waals surface area contributed by atoms with Gasteiger partial charge >= 0.3 is 0 Å². The van der Waals surface area contributed by atoms with E-state index < -0.39 is 6.10 Å². The maximum atomic E-state index is 13.2. The Kier molecular flexibility index (Phi) is 3.06. The number of benzene rings is 1. The van der Waals surface area contributed by atoms with Crippen molar-refractivity contribution in [1.29, 1.82) is 0 Å². The lowest BCUT2D eigenvalue weighted by atomic mass is 10.1. The predicted octanol–water partition coefficient (Wildman–Crippen LogP) is 2.50. The van der Waals surface area contributed by atoms with Crippen molar-refractivity contribution in [1.82, 2.24) is 10.1 Å². The highest BCUT2D eigenvalue weighted by Gasteiger charge is 2.31. The summed E-state index contributed by atoms with van der Waals surface area (Å²) in [5.41, 5.74) is 1.26. The Bertz CT molecular complexity index is 593. The van der Waals surface area contributed by atoms with Gasteiger partial charge in [-0.1, -0.05) is 5.16 Å². The normalized spacial score (nSPS) is 16.6. The van der Waals surface area contributed by atoms with E-state index >= 15 is 0 Å². The predicted molar refractivity (Wildman–Crippen MR) is 66.9 cm³/mol. The molecule has 0 spiro atoms. The zero-order valence-electron chi connectivity index (χ0n) is 10.6. The van der Waals surface area contributed by atoms with Gasteiger partial charge < -0.3 is 9.63 Å². The number of halogens is 1. The van der Waals surface area contributed by atoms with Crippen LogP contribution in [-0.4, -0.2) is 21.4 Å². The number of hydrogen-bond donors (Lipinski definition) is 1. The van der Waals surface area contributed by atoms with Gasteiger partial charge in [-0.25, -0.2) is 4.39 Å². The van der Waals surface area contributed by atoms with Crippen LogP contribution in [0.1, 0.15) is 24.3 Å². The lowest BCUT2D eigenvalue weighted by molar-refractivity contribution is 0.140. The van der Waals surface area contributed by atoms with E-state index in [-0.39, 0.29) is 5.82 Å². The molecule has 1 atom stereocenters. The second kappa shape index (κ2) is 4.74. The second-order valence-electron chi connectivity index (χ2n) is 5.08. The minimum atomic E-state index is -0.400. The van der Waals surface area contributed by atoms with Gasteiger partial charge in [0.15, 0.2) is 0 Å². The molecule has 3 rings (SSSR count). The first kappa shape index (κ1) is 12.3. The number of aliphatic hydroxyl groups is 1. The zero-order valence-corrected chi connectivity index (χ0v) is 10.6. The standard InChI is InChI=1S/C14H15FN2O2/c1-8-6-10(4-5-11(8)15)14-16-13(19-17-14)7-12(18)9-2-3-9/h4-6,9,12,18H,2-3,7H2,1H3. The minimum Gasteiger partial charge on any atom is -0.392 e. The van der Waals surface area contributed by atoms with E-state index in [0.717, 1.165) is 18.4 Å². The second-order valence-corrected chi connectivity index (χ2v) is 5.08. The Labute approximate surface area is 110 Å². The summed E-state index contributed by atoms with van der Waals surface area (Å²) in [6, 6.07) is 4.69. The summed E-state index contributed by atoms with van der Waals surface area (Å²) in [5, 5.41) is 13.7. The topological polar surface area (TPSA) is 59.2 Å². The highest BCUT2D eigenvalue weighted by atomic mass is 19.1. The van der Waals surface area contributed by atoms with Gasteiger partial charge in [0.05, 0.1) is 12.5 Å². The summed E-state index contributed by atoms with van der Waals surface area (Å²) >= 11 is 0. The van der Waals surface area contributed by atoms with Gasteiger partial charge in [-0.2, -0.15) is 4.98 Å². The average molecular weight is 262 g/mol. The van der Waals surface area contributed by atoms with Gasteiger partial charge in [0.2, 0.25) is 11.7 Å². The van der Waals surface area contributed by atoms with Crippen LogP contribution < -0.4 is 0 Å². The van der Waals surface area contributed by atoms with E-state index in [1.807, 2.05) is 0 Å². The van der Waals surface area contributed by atoms with E-state index in [0.29, 0.717) is 29.6 Å². The van der Waals surface area contributed by atoms with Crippen molar-refractivity contribution < 1.29 is 14.0 Å². The van der Waals surface area contributed by atoms with Crippen LogP contribution in [0, 0.1) is 18.7 Å². The Morgan fingerprint density at radius 1 is 1.47 bits per heavy atom. The summed E-state index contributed by atoms with van der Waals surface area (Å²) in [6.45, 7) is 1.69. The van der Waals surface area contributed by atoms with Crippen LogP contribution in [0.25, 0.3) is 11.4 Å². The molecule has 1 heterocycles. The quantitative estimate of drug-likeness (QED) is 0.919. The molecule has 2 aromatic rings. The molecule has 4 nitrogen and oxygen atoms in total. The third-order valence-electron chi connectivity index (χ3n) is 3.43. The fourth-order valence-corrected chi connectivity index (χ4v) is 2.07. The number of aryl methyl sites for hydroxylation is 1. The maximum absolute atomic E-state index is 13.2. The van der Waals surface area contributed by atoms with Crippen LogP contribution in [0.4, 0.5) is 4.39 Å². The molecular weight excluding hydrogens is 247 g/mol. The number of aromatic nitrogens is 2. The molecule has 5 heteroatoms. The Hall–Kier alpha value is -1.75. The van der Waals surface area contributed by atoms with E-state index in [4.69, 9.17) is 4.52 Å². The molecular formula is C14H15FN2O2. The summed E-state index contributed by atoms with van der Waals surface area (Å²) < 4.78 is 18.3. The van der Waals surface area contributed by atoms with Gasteiger partial charge in [0.1, 0.15) is 5.82 Å². The van der Waals surface area contributed by atoms with E-state index in [9.17, 15) is 9.50 Å². The monoisotopic (exact) mass is 262 g/mol. The molecule has 0 amide bonds. The molecule has 100 valence electrons. The molecule has 0 saturated heterocycles. The van der Waals surface area contributed by atoms with Crippen molar-refractivity contribution in [2.24, 2.45) is 5.92 Å². The summed E-state index contributed by atoms with van der Waals surface area (Å²) in [6.07, 6.45) is 2.12. The third-order valence-corrected chi connectivity index (χ3v) is 3.43. The van der Waals surface area contributed by atoms with Crippen LogP contribution >= 0.6 is 0 Å². The molecule has 1 fully saturated rings. The van der Waals surface area contributed by atoms with Crippen molar-refractivity contribution in [3.05, 3.63) is 35.5 Å². The van der Waals surface area contributed by atoms with Crippen LogP contribution in [-0.2, 0) is 6.42 Å². The summed E-state index contributed by atoms with van der Waals surface area (Å²) in [4.78, 5) is 4.24. The van der Waals surface area contributed by atoms with Crippen LogP contribution in [0.5, 0.6) is 0 Å². The van der Waals surface area contributed by atoms with Crippen molar-refractivity contribution >= 4 is 0 Å². The molecule has 0 aliphatic heterocycles. The van der Waals surface area contributed by atoms with Crippen molar-refractivity contribution in [3.8, 4) is 11.4 Å². The first-order valence-corrected chi connectivity index (χ1v) is 6.40. The SMILES string of the molecule is Cc1cc(-c2noc(CC(O)C3CC3)n2)ccc1F. The van der Waals surface area contributed by atoms with E-state index in [1.165, 1.54) is 6.07 Å². The fourth-order valence-electron chi connectivity index (χ4n) is 2.07. The van der Waals surface area contributed by atoms with Crippen LogP contribution in [0.15, 0.2) is 22.7 Å². The molecule has 1 aromatic carbocycles. The fraction of sp³-hybridized carbons (Fsp3) is 0.429. The van der Waals surface area contributed by atoms with E-state index in [2.05, 4.69) is 10.1 Å². The smallest absolute Gasteiger partial charge is 0.229 e. The van der Waals surface area contributed by atoms with Gasteiger partial charge in [0, 0.05) is 5.56 Å². The lowest BCUT2D eigenvalue weighted by Gasteiger charge is -2.03. The maximum Gasteiger partial charge on any atom is 0.229 e. The first-order chi connectivity index (χ1) is 9.13. The van der Waals surface area contributed by atoms with Gasteiger partial charge in [-0.15, -0.1) is 0 Å². The summed E-state index contributed by atoms with van der Waals surface area (Å²) in [7, 11) is 0. The molecule has 19 heavy (non-hydrogen) atoms. The molecule has 0 bridgehead atoms. The summed E-state index contributed by atoms with van der Waals surface area (Å²) in [5.74, 6) is 0.984. The number of hydrogen-bond acceptors (Lipinski definition) is 4. The Morgan fingerprint density at radius 2 is 2.26 bits per heavy atom. The van der Waals surface area contributed by atoms with Crippen molar-refractivity contribution in [2.45, 2.75) is 32.3 Å². The highest BCUT2D eigenvalue weighted by Crippen LogP contribution is 2.33. The molecule has 1 unspecified atom stereocenters. The van der Waals surface area contributed by atoms with E-state index in [1.54, 1.807) is 19.1 Å². The highest BCUT2D eigenvalue weighted by molar-refractivity contribution is 5.55. The first-order valence-electron chi connectivity index (χ1n) is 6.40.